The summed E-state index contributed by atoms with van der Waals surface area (Å²) < 4.78 is 13.9. The molecule has 9 heteroatoms. The monoisotopic (exact) mass is 316 g/mol. The Balaban J connectivity index is 3.31. The van der Waals surface area contributed by atoms with Crippen molar-refractivity contribution in [3.63, 3.8) is 0 Å². The molecule has 0 aromatic rings. The van der Waals surface area contributed by atoms with Crippen LogP contribution in [0.25, 0.3) is 0 Å². The summed E-state index contributed by atoms with van der Waals surface area (Å²) in [6.07, 6.45) is -0.756. The third kappa shape index (κ3) is 2.98. The molecule has 0 aliphatic carbocycles. The molecule has 1 aliphatic heterocycles. The fraction of sp³-hybridized carbons (Fsp3) is 0.615. The molecule has 0 bridgehead atoms. The van der Waals surface area contributed by atoms with Crippen LogP contribution in [0.15, 0.2) is 12.4 Å². The zero-order valence-corrected chi connectivity index (χ0v) is 13.1. The molecule has 124 valence electrons. The third-order valence-corrected chi connectivity index (χ3v) is 3.48. The average Bonchev–Trinajstić information content (AvgIpc) is 2.51. The van der Waals surface area contributed by atoms with Crippen molar-refractivity contribution in [2.75, 3.05) is 21.3 Å². The minimum absolute atomic E-state index is 0.662. The Labute approximate surface area is 128 Å². The van der Waals surface area contributed by atoms with Gasteiger partial charge in [0.1, 0.15) is 6.04 Å². The molecule has 0 saturated heterocycles. The van der Waals surface area contributed by atoms with Gasteiger partial charge in [0.2, 0.25) is 0 Å². The van der Waals surface area contributed by atoms with Crippen molar-refractivity contribution in [2.24, 2.45) is 5.41 Å². The van der Waals surface area contributed by atoms with Crippen LogP contribution in [0.1, 0.15) is 13.8 Å². The maximum absolute atomic E-state index is 12.0. The van der Waals surface area contributed by atoms with Gasteiger partial charge in [0, 0.05) is 12.4 Å². The van der Waals surface area contributed by atoms with Gasteiger partial charge in [-0.1, -0.05) is 0 Å². The SMILES string of the molecule is COC(=O)N1C=CN(C(=O)OC)C(C(C)(C)C(=O)OC)C1O. The van der Waals surface area contributed by atoms with Gasteiger partial charge in [-0.05, 0) is 13.8 Å². The van der Waals surface area contributed by atoms with E-state index < -0.39 is 35.8 Å². The quantitative estimate of drug-likeness (QED) is 0.584. The molecule has 0 fully saturated rings. The summed E-state index contributed by atoms with van der Waals surface area (Å²) >= 11 is 0. The standard InChI is InChI=1S/C13H20N2O7/c1-13(2,10(17)20-3)8-9(16)15(12(19)22-5)7-6-14(8)11(18)21-4/h6-9,16H,1-5H3. The lowest BCUT2D eigenvalue weighted by Crippen LogP contribution is -2.62. The second kappa shape index (κ2) is 6.65. The number of amides is 2. The number of hydrogen-bond acceptors (Lipinski definition) is 7. The summed E-state index contributed by atoms with van der Waals surface area (Å²) in [6.45, 7) is 2.97. The minimum atomic E-state index is -1.52. The van der Waals surface area contributed by atoms with Crippen molar-refractivity contribution in [1.82, 2.24) is 9.80 Å². The van der Waals surface area contributed by atoms with Crippen LogP contribution in [-0.4, -0.2) is 66.7 Å². The predicted octanol–water partition coefficient (Wildman–Crippen LogP) is 0.494. The lowest BCUT2D eigenvalue weighted by atomic mass is 9.81. The smallest absolute Gasteiger partial charge is 0.415 e. The molecule has 2 unspecified atom stereocenters. The van der Waals surface area contributed by atoms with Gasteiger partial charge in [-0.3, -0.25) is 14.6 Å². The molecule has 2 amide bonds. The summed E-state index contributed by atoms with van der Waals surface area (Å²) in [5.41, 5.74) is -1.32. The van der Waals surface area contributed by atoms with Crippen LogP contribution in [0.2, 0.25) is 0 Å². The Kier molecular flexibility index (Phi) is 5.37. The van der Waals surface area contributed by atoms with E-state index in [1.165, 1.54) is 27.2 Å². The van der Waals surface area contributed by atoms with Gasteiger partial charge in [0.25, 0.3) is 0 Å². The Hall–Kier alpha value is -2.29. The van der Waals surface area contributed by atoms with Crippen LogP contribution >= 0.6 is 0 Å². The summed E-state index contributed by atoms with van der Waals surface area (Å²) in [6, 6.07) is -1.13. The number of esters is 1. The molecule has 0 spiro atoms. The van der Waals surface area contributed by atoms with Gasteiger partial charge in [-0.25, -0.2) is 9.59 Å². The first-order chi connectivity index (χ1) is 10.2. The number of carbonyl (C=O) groups is 3. The highest BCUT2D eigenvalue weighted by Gasteiger charge is 2.51. The van der Waals surface area contributed by atoms with E-state index in [9.17, 15) is 19.5 Å². The number of carbonyl (C=O) groups excluding carboxylic acids is 3. The van der Waals surface area contributed by atoms with Crippen LogP contribution in [0.4, 0.5) is 9.59 Å². The minimum Gasteiger partial charge on any atom is -0.469 e. The van der Waals surface area contributed by atoms with E-state index >= 15 is 0 Å². The molecule has 0 saturated carbocycles. The molecule has 1 aliphatic rings. The predicted molar refractivity (Wildman–Crippen MR) is 73.2 cm³/mol. The average molecular weight is 316 g/mol. The number of ether oxygens (including phenoxy) is 3. The highest BCUT2D eigenvalue weighted by molar-refractivity contribution is 5.79. The molecule has 0 radical (unpaired) electrons. The zero-order chi connectivity index (χ0) is 17.1. The molecule has 1 heterocycles. The molecule has 22 heavy (non-hydrogen) atoms. The Morgan fingerprint density at radius 2 is 1.41 bits per heavy atom. The molecule has 2 atom stereocenters. The van der Waals surface area contributed by atoms with Gasteiger partial charge in [-0.15, -0.1) is 0 Å². The fourth-order valence-corrected chi connectivity index (χ4v) is 2.28. The third-order valence-electron chi connectivity index (χ3n) is 3.48. The molecule has 9 nitrogen and oxygen atoms in total. The van der Waals surface area contributed by atoms with E-state index in [-0.39, 0.29) is 0 Å². The van der Waals surface area contributed by atoms with Crippen LogP contribution in [0, 0.1) is 5.41 Å². The number of rotatable bonds is 2. The van der Waals surface area contributed by atoms with Crippen molar-refractivity contribution in [2.45, 2.75) is 26.1 Å². The normalized spacial score (nSPS) is 21.4. The van der Waals surface area contributed by atoms with Crippen LogP contribution in [-0.2, 0) is 19.0 Å². The van der Waals surface area contributed by atoms with Crippen LogP contribution in [0.5, 0.6) is 0 Å². The molecule has 0 aromatic carbocycles. The highest BCUT2D eigenvalue weighted by Crippen LogP contribution is 2.34. The molecule has 1 N–H and O–H groups in total. The highest BCUT2D eigenvalue weighted by atomic mass is 16.6. The lowest BCUT2D eigenvalue weighted by Gasteiger charge is -2.45. The van der Waals surface area contributed by atoms with E-state index in [1.54, 1.807) is 0 Å². The Bertz CT molecular complexity index is 489. The molecular weight excluding hydrogens is 296 g/mol. The van der Waals surface area contributed by atoms with Gasteiger partial charge < -0.3 is 19.3 Å². The van der Waals surface area contributed by atoms with Gasteiger partial charge in [0.05, 0.1) is 26.7 Å². The second-order valence-electron chi connectivity index (χ2n) is 5.12. The largest absolute Gasteiger partial charge is 0.469 e. The van der Waals surface area contributed by atoms with E-state index in [4.69, 9.17) is 4.74 Å². The maximum Gasteiger partial charge on any atom is 0.415 e. The maximum atomic E-state index is 12.0. The van der Waals surface area contributed by atoms with Crippen molar-refractivity contribution in [3.05, 3.63) is 12.4 Å². The first-order valence-electron chi connectivity index (χ1n) is 6.39. The van der Waals surface area contributed by atoms with Crippen LogP contribution < -0.4 is 0 Å². The molecular formula is C13H20N2O7. The van der Waals surface area contributed by atoms with E-state index in [0.29, 0.717) is 0 Å². The molecule has 0 aromatic heterocycles. The second-order valence-corrected chi connectivity index (χ2v) is 5.12. The molecule has 1 rings (SSSR count). The Morgan fingerprint density at radius 3 is 1.86 bits per heavy atom. The fourth-order valence-electron chi connectivity index (χ4n) is 2.28. The summed E-state index contributed by atoms with van der Waals surface area (Å²) in [5, 5.41) is 10.4. The summed E-state index contributed by atoms with van der Waals surface area (Å²) in [7, 11) is 3.50. The first-order valence-corrected chi connectivity index (χ1v) is 6.39. The first kappa shape index (κ1) is 17.8. The summed E-state index contributed by atoms with van der Waals surface area (Å²) in [4.78, 5) is 37.5. The van der Waals surface area contributed by atoms with Crippen molar-refractivity contribution >= 4 is 18.2 Å². The zero-order valence-electron chi connectivity index (χ0n) is 13.1. The Morgan fingerprint density at radius 1 is 0.955 bits per heavy atom. The lowest BCUT2D eigenvalue weighted by molar-refractivity contribution is -0.160. The van der Waals surface area contributed by atoms with Crippen molar-refractivity contribution < 1.29 is 33.7 Å². The van der Waals surface area contributed by atoms with E-state index in [2.05, 4.69) is 9.47 Å². The number of nitrogens with zero attached hydrogens (tertiary/aromatic N) is 2. The van der Waals surface area contributed by atoms with E-state index in [0.717, 1.165) is 30.2 Å². The number of aliphatic hydroxyl groups is 1. The van der Waals surface area contributed by atoms with Crippen molar-refractivity contribution in [3.8, 4) is 0 Å². The topological polar surface area (TPSA) is 106 Å². The summed E-state index contributed by atoms with van der Waals surface area (Å²) in [5.74, 6) is -0.662. The van der Waals surface area contributed by atoms with Crippen molar-refractivity contribution in [1.29, 1.82) is 0 Å². The number of hydrogen-bond donors (Lipinski definition) is 1. The van der Waals surface area contributed by atoms with Gasteiger partial charge >= 0.3 is 18.2 Å². The van der Waals surface area contributed by atoms with Crippen LogP contribution in [0.3, 0.4) is 0 Å². The van der Waals surface area contributed by atoms with Gasteiger partial charge in [0.15, 0.2) is 6.23 Å². The number of methoxy groups -OCH3 is 3. The van der Waals surface area contributed by atoms with E-state index in [1.807, 2.05) is 0 Å². The van der Waals surface area contributed by atoms with Gasteiger partial charge in [-0.2, -0.15) is 0 Å². The number of aliphatic hydroxyl groups excluding tert-OH is 1.